The maximum absolute atomic E-state index is 12.2. The summed E-state index contributed by atoms with van der Waals surface area (Å²) in [5.74, 6) is 0.0642. The Morgan fingerprint density at radius 1 is 1.25 bits per heavy atom. The molecule has 0 saturated carbocycles. The molecular weight excluding hydrogens is 240 g/mol. The van der Waals surface area contributed by atoms with Crippen molar-refractivity contribution >= 4 is 28.7 Å². The molecule has 16 heavy (non-hydrogen) atoms. The summed E-state index contributed by atoms with van der Waals surface area (Å²) < 4.78 is 0.650. The van der Waals surface area contributed by atoms with Gasteiger partial charge in [-0.25, -0.2) is 0 Å². The molecule has 0 amide bonds. The first-order valence-electron chi connectivity index (χ1n) is 5.10. The van der Waals surface area contributed by atoms with E-state index < -0.39 is 0 Å². The van der Waals surface area contributed by atoms with Gasteiger partial charge in [-0.2, -0.15) is 0 Å². The number of carbonyl (C=O) groups is 1. The van der Waals surface area contributed by atoms with Gasteiger partial charge in [0.25, 0.3) is 0 Å². The van der Waals surface area contributed by atoms with Gasteiger partial charge in [-0.15, -0.1) is 11.3 Å². The average Bonchev–Trinajstić information content (AvgIpc) is 2.75. The lowest BCUT2D eigenvalue weighted by atomic mass is 10.0. The largest absolute Gasteiger partial charge is 0.288 e. The van der Waals surface area contributed by atoms with E-state index in [0.29, 0.717) is 9.21 Å². The number of aryl methyl sites for hydroxylation is 1. The zero-order valence-corrected chi connectivity index (χ0v) is 10.4. The average molecular weight is 251 g/mol. The Balaban J connectivity index is 2.41. The summed E-state index contributed by atoms with van der Waals surface area (Å²) in [7, 11) is 0. The molecule has 0 radical (unpaired) electrons. The first-order valence-corrected chi connectivity index (χ1v) is 6.29. The molecule has 1 heterocycles. The second kappa shape index (κ2) is 4.81. The van der Waals surface area contributed by atoms with Crippen LogP contribution in [0.4, 0.5) is 0 Å². The first kappa shape index (κ1) is 11.4. The molecule has 0 aliphatic carbocycles. The first-order chi connectivity index (χ1) is 7.72. The highest BCUT2D eigenvalue weighted by Crippen LogP contribution is 2.25. The number of thiophene rings is 1. The second-order valence-electron chi connectivity index (χ2n) is 3.44. The highest BCUT2D eigenvalue weighted by atomic mass is 35.5. The molecule has 2 rings (SSSR count). The van der Waals surface area contributed by atoms with Crippen LogP contribution in [0.15, 0.2) is 36.4 Å². The predicted molar refractivity (Wildman–Crippen MR) is 68.6 cm³/mol. The van der Waals surface area contributed by atoms with Crippen LogP contribution in [0.2, 0.25) is 4.34 Å². The van der Waals surface area contributed by atoms with Crippen LogP contribution in [0, 0.1) is 0 Å². The fraction of sp³-hybridized carbons (Fsp3) is 0.154. The van der Waals surface area contributed by atoms with Crippen LogP contribution in [0.3, 0.4) is 0 Å². The Bertz CT molecular complexity index is 516. The van der Waals surface area contributed by atoms with E-state index in [0.717, 1.165) is 17.5 Å². The summed E-state index contributed by atoms with van der Waals surface area (Å²) in [5, 5.41) is 0. The van der Waals surface area contributed by atoms with E-state index in [1.54, 1.807) is 12.1 Å². The van der Waals surface area contributed by atoms with E-state index in [4.69, 9.17) is 11.6 Å². The molecule has 1 aromatic heterocycles. The third-order valence-electron chi connectivity index (χ3n) is 2.44. The Morgan fingerprint density at radius 3 is 2.62 bits per heavy atom. The summed E-state index contributed by atoms with van der Waals surface area (Å²) >= 11 is 7.16. The third kappa shape index (κ3) is 2.18. The SMILES string of the molecule is CCc1ccccc1C(=O)c1ccc(Cl)s1. The molecule has 0 aliphatic heterocycles. The smallest absolute Gasteiger partial charge is 0.203 e. The van der Waals surface area contributed by atoms with E-state index in [1.807, 2.05) is 31.2 Å². The van der Waals surface area contributed by atoms with Crippen LogP contribution in [0.5, 0.6) is 0 Å². The van der Waals surface area contributed by atoms with Gasteiger partial charge in [0.15, 0.2) is 0 Å². The zero-order chi connectivity index (χ0) is 11.5. The van der Waals surface area contributed by atoms with E-state index in [-0.39, 0.29) is 5.78 Å². The topological polar surface area (TPSA) is 17.1 Å². The van der Waals surface area contributed by atoms with Crippen molar-refractivity contribution in [3.63, 3.8) is 0 Å². The molecule has 0 saturated heterocycles. The van der Waals surface area contributed by atoms with Gasteiger partial charge in [0.05, 0.1) is 9.21 Å². The molecule has 0 bridgehead atoms. The van der Waals surface area contributed by atoms with Gasteiger partial charge in [0, 0.05) is 5.56 Å². The highest BCUT2D eigenvalue weighted by Gasteiger charge is 2.13. The highest BCUT2D eigenvalue weighted by molar-refractivity contribution is 7.18. The summed E-state index contributed by atoms with van der Waals surface area (Å²) in [6, 6.07) is 11.2. The summed E-state index contributed by atoms with van der Waals surface area (Å²) in [4.78, 5) is 12.9. The Morgan fingerprint density at radius 2 is 2.00 bits per heavy atom. The minimum atomic E-state index is 0.0642. The number of hydrogen-bond donors (Lipinski definition) is 0. The summed E-state index contributed by atoms with van der Waals surface area (Å²) in [6.45, 7) is 2.05. The minimum absolute atomic E-state index is 0.0642. The Kier molecular flexibility index (Phi) is 3.42. The summed E-state index contributed by atoms with van der Waals surface area (Å²) in [5.41, 5.74) is 1.86. The number of benzene rings is 1. The number of hydrogen-bond acceptors (Lipinski definition) is 2. The fourth-order valence-corrected chi connectivity index (χ4v) is 2.62. The number of halogens is 1. The molecule has 3 heteroatoms. The number of carbonyl (C=O) groups excluding carboxylic acids is 1. The Hall–Kier alpha value is -1.12. The maximum Gasteiger partial charge on any atom is 0.203 e. The zero-order valence-electron chi connectivity index (χ0n) is 8.87. The molecule has 0 aliphatic rings. The molecule has 1 nitrogen and oxygen atoms in total. The monoisotopic (exact) mass is 250 g/mol. The fourth-order valence-electron chi connectivity index (χ4n) is 1.62. The van der Waals surface area contributed by atoms with E-state index in [9.17, 15) is 4.79 Å². The van der Waals surface area contributed by atoms with Crippen molar-refractivity contribution in [3.8, 4) is 0 Å². The van der Waals surface area contributed by atoms with Gasteiger partial charge >= 0.3 is 0 Å². The molecule has 0 spiro atoms. The van der Waals surface area contributed by atoms with Gasteiger partial charge < -0.3 is 0 Å². The number of rotatable bonds is 3. The standard InChI is InChI=1S/C13H11ClOS/c1-2-9-5-3-4-6-10(9)13(15)11-7-8-12(14)16-11/h3-8H,2H2,1H3. The number of ketones is 1. The van der Waals surface area contributed by atoms with E-state index in [2.05, 4.69) is 0 Å². The lowest BCUT2D eigenvalue weighted by molar-refractivity contribution is 0.104. The molecule has 0 unspecified atom stereocenters. The third-order valence-corrected chi connectivity index (χ3v) is 3.67. The van der Waals surface area contributed by atoms with Crippen LogP contribution >= 0.6 is 22.9 Å². The van der Waals surface area contributed by atoms with Crippen molar-refractivity contribution in [2.24, 2.45) is 0 Å². The Labute approximate surface area is 104 Å². The molecule has 0 atom stereocenters. The lowest BCUT2D eigenvalue weighted by Gasteiger charge is -2.04. The minimum Gasteiger partial charge on any atom is -0.288 e. The van der Waals surface area contributed by atoms with Crippen molar-refractivity contribution in [2.45, 2.75) is 13.3 Å². The molecule has 1 aromatic carbocycles. The van der Waals surface area contributed by atoms with Crippen LogP contribution < -0.4 is 0 Å². The second-order valence-corrected chi connectivity index (χ2v) is 5.16. The van der Waals surface area contributed by atoms with Crippen LogP contribution in [-0.2, 0) is 6.42 Å². The molecule has 82 valence electrons. The normalized spacial score (nSPS) is 10.4. The van der Waals surface area contributed by atoms with Crippen molar-refractivity contribution in [2.75, 3.05) is 0 Å². The van der Waals surface area contributed by atoms with Gasteiger partial charge in [0.2, 0.25) is 5.78 Å². The van der Waals surface area contributed by atoms with Crippen molar-refractivity contribution in [1.82, 2.24) is 0 Å². The van der Waals surface area contributed by atoms with Crippen molar-refractivity contribution in [3.05, 3.63) is 56.7 Å². The van der Waals surface area contributed by atoms with Gasteiger partial charge in [-0.1, -0.05) is 42.8 Å². The van der Waals surface area contributed by atoms with Crippen LogP contribution in [0.1, 0.15) is 27.7 Å². The van der Waals surface area contributed by atoms with Crippen molar-refractivity contribution in [1.29, 1.82) is 0 Å². The molecular formula is C13H11ClOS. The van der Waals surface area contributed by atoms with Crippen molar-refractivity contribution < 1.29 is 4.79 Å². The van der Waals surface area contributed by atoms with Gasteiger partial charge in [-0.3, -0.25) is 4.79 Å². The van der Waals surface area contributed by atoms with Gasteiger partial charge in [-0.05, 0) is 24.1 Å². The van der Waals surface area contributed by atoms with E-state index >= 15 is 0 Å². The maximum atomic E-state index is 12.2. The van der Waals surface area contributed by atoms with E-state index in [1.165, 1.54) is 11.3 Å². The predicted octanol–water partition coefficient (Wildman–Crippen LogP) is 4.19. The molecule has 0 fully saturated rings. The summed E-state index contributed by atoms with van der Waals surface area (Å²) in [6.07, 6.45) is 0.862. The molecule has 0 N–H and O–H groups in total. The van der Waals surface area contributed by atoms with Gasteiger partial charge in [0.1, 0.15) is 0 Å². The van der Waals surface area contributed by atoms with Crippen LogP contribution in [-0.4, -0.2) is 5.78 Å². The lowest BCUT2D eigenvalue weighted by Crippen LogP contribution is -2.02. The quantitative estimate of drug-likeness (QED) is 0.747. The van der Waals surface area contributed by atoms with Crippen LogP contribution in [0.25, 0.3) is 0 Å². The molecule has 2 aromatic rings.